The third-order valence-corrected chi connectivity index (χ3v) is 2.65. The number of nitrogens with two attached hydrogens (primary N) is 1. The number of aromatic nitrogens is 1. The second kappa shape index (κ2) is 5.05. The number of rotatable bonds is 4. The van der Waals surface area contributed by atoms with Gasteiger partial charge in [0, 0.05) is 6.07 Å². The highest BCUT2D eigenvalue weighted by atomic mass is 19.1. The maximum atomic E-state index is 14.0. The van der Waals surface area contributed by atoms with Gasteiger partial charge in [-0.15, -0.1) is 0 Å². The summed E-state index contributed by atoms with van der Waals surface area (Å²) in [6, 6.07) is 1.17. The average molecular weight is 268 g/mol. The van der Waals surface area contributed by atoms with Crippen molar-refractivity contribution in [2.75, 3.05) is 27.1 Å². The van der Waals surface area contributed by atoms with Crippen LogP contribution in [0.4, 0.5) is 10.3 Å². The van der Waals surface area contributed by atoms with Gasteiger partial charge in [0.15, 0.2) is 23.1 Å². The number of hydrogen-bond donors (Lipinski definition) is 1. The summed E-state index contributed by atoms with van der Waals surface area (Å²) in [6.07, 6.45) is 1.36. The van der Waals surface area contributed by atoms with Crippen molar-refractivity contribution >= 4 is 5.88 Å². The highest BCUT2D eigenvalue weighted by Gasteiger charge is 2.25. The molecular formula is C12H13FN2O4. The van der Waals surface area contributed by atoms with Gasteiger partial charge in [0.2, 0.25) is 5.88 Å². The molecule has 19 heavy (non-hydrogen) atoms. The maximum Gasteiger partial charge on any atom is 0.230 e. The van der Waals surface area contributed by atoms with E-state index in [9.17, 15) is 4.39 Å². The largest absolute Gasteiger partial charge is 0.493 e. The maximum absolute atomic E-state index is 14.0. The minimum Gasteiger partial charge on any atom is -0.493 e. The molecule has 2 rings (SSSR count). The molecule has 6 nitrogen and oxygen atoms in total. The van der Waals surface area contributed by atoms with Crippen LogP contribution in [0.3, 0.4) is 0 Å². The Morgan fingerprint density at radius 2 is 1.84 bits per heavy atom. The van der Waals surface area contributed by atoms with Crippen LogP contribution in [0.5, 0.6) is 17.2 Å². The Morgan fingerprint density at radius 1 is 1.16 bits per heavy atom. The quantitative estimate of drug-likeness (QED) is 0.914. The van der Waals surface area contributed by atoms with Crippen molar-refractivity contribution in [1.29, 1.82) is 0 Å². The lowest BCUT2D eigenvalue weighted by Crippen LogP contribution is -2.00. The lowest BCUT2D eigenvalue weighted by Gasteiger charge is -2.16. The predicted octanol–water partition coefficient (Wildman–Crippen LogP) is 2.09. The fourth-order valence-corrected chi connectivity index (χ4v) is 1.83. The van der Waals surface area contributed by atoms with Crippen molar-refractivity contribution in [3.8, 4) is 28.4 Å². The van der Waals surface area contributed by atoms with E-state index < -0.39 is 5.82 Å². The number of benzene rings is 1. The van der Waals surface area contributed by atoms with Crippen LogP contribution in [-0.2, 0) is 0 Å². The lowest BCUT2D eigenvalue weighted by molar-refractivity contribution is 0.342. The molecule has 0 fully saturated rings. The number of halogens is 1. The van der Waals surface area contributed by atoms with Gasteiger partial charge in [-0.3, -0.25) is 0 Å². The van der Waals surface area contributed by atoms with Crippen LogP contribution in [0, 0.1) is 5.82 Å². The van der Waals surface area contributed by atoms with E-state index in [2.05, 4.69) is 5.16 Å². The monoisotopic (exact) mass is 268 g/mol. The van der Waals surface area contributed by atoms with E-state index in [0.717, 1.165) is 0 Å². The van der Waals surface area contributed by atoms with Gasteiger partial charge in [0.1, 0.15) is 0 Å². The van der Waals surface area contributed by atoms with Crippen LogP contribution in [0.1, 0.15) is 0 Å². The van der Waals surface area contributed by atoms with Crippen LogP contribution in [0.15, 0.2) is 16.8 Å². The zero-order valence-electron chi connectivity index (χ0n) is 10.7. The molecule has 1 aromatic carbocycles. The van der Waals surface area contributed by atoms with E-state index in [0.29, 0.717) is 11.1 Å². The molecule has 0 saturated carbocycles. The van der Waals surface area contributed by atoms with Crippen LogP contribution < -0.4 is 19.9 Å². The Balaban J connectivity index is 2.82. The Hall–Kier alpha value is -2.44. The van der Waals surface area contributed by atoms with E-state index >= 15 is 0 Å². The fourth-order valence-electron chi connectivity index (χ4n) is 1.83. The van der Waals surface area contributed by atoms with E-state index in [1.807, 2.05) is 0 Å². The molecule has 0 saturated heterocycles. The first-order valence-corrected chi connectivity index (χ1v) is 5.33. The molecule has 102 valence electrons. The number of nitrogen functional groups attached to an aromatic ring is 1. The van der Waals surface area contributed by atoms with Gasteiger partial charge in [-0.25, -0.2) is 4.39 Å². The molecule has 2 N–H and O–H groups in total. The number of nitrogens with zero attached hydrogens (tertiary/aromatic N) is 1. The predicted molar refractivity (Wildman–Crippen MR) is 66.0 cm³/mol. The van der Waals surface area contributed by atoms with Crippen LogP contribution in [-0.4, -0.2) is 26.5 Å². The fraction of sp³-hybridized carbons (Fsp3) is 0.250. The molecule has 7 heteroatoms. The average Bonchev–Trinajstić information content (AvgIpc) is 2.83. The molecular weight excluding hydrogens is 255 g/mol. The summed E-state index contributed by atoms with van der Waals surface area (Å²) < 4.78 is 34.2. The van der Waals surface area contributed by atoms with Crippen molar-refractivity contribution in [3.05, 3.63) is 18.1 Å². The van der Waals surface area contributed by atoms with E-state index in [1.165, 1.54) is 33.6 Å². The van der Waals surface area contributed by atoms with Crippen LogP contribution in [0.25, 0.3) is 11.1 Å². The third kappa shape index (κ3) is 2.03. The first kappa shape index (κ1) is 13.0. The lowest BCUT2D eigenvalue weighted by atomic mass is 10.0. The number of ether oxygens (including phenoxy) is 3. The zero-order valence-corrected chi connectivity index (χ0v) is 10.7. The molecule has 0 radical (unpaired) electrons. The van der Waals surface area contributed by atoms with Gasteiger partial charge in [-0.1, -0.05) is 5.16 Å². The summed E-state index contributed by atoms with van der Waals surface area (Å²) >= 11 is 0. The minimum absolute atomic E-state index is 0.0208. The molecule has 0 bridgehead atoms. The van der Waals surface area contributed by atoms with Crippen molar-refractivity contribution in [2.45, 2.75) is 0 Å². The van der Waals surface area contributed by atoms with Crippen molar-refractivity contribution in [2.24, 2.45) is 0 Å². The summed E-state index contributed by atoms with van der Waals surface area (Å²) in [5.74, 6) is -0.0837. The molecule has 0 spiro atoms. The molecule has 0 atom stereocenters. The summed E-state index contributed by atoms with van der Waals surface area (Å²) in [7, 11) is 4.18. The SMILES string of the molecule is COc1cc(F)c(OC)c(-c2cnoc2N)c1OC. The molecule has 0 amide bonds. The normalized spacial score (nSPS) is 10.3. The number of methoxy groups -OCH3 is 3. The van der Waals surface area contributed by atoms with Crippen molar-refractivity contribution < 1.29 is 23.1 Å². The van der Waals surface area contributed by atoms with Gasteiger partial charge in [-0.05, 0) is 0 Å². The Labute approximate surface area is 108 Å². The summed E-state index contributed by atoms with van der Waals surface area (Å²) in [6.45, 7) is 0. The molecule has 0 aliphatic carbocycles. The number of hydrogen-bond acceptors (Lipinski definition) is 6. The van der Waals surface area contributed by atoms with Gasteiger partial charge >= 0.3 is 0 Å². The highest BCUT2D eigenvalue weighted by molar-refractivity contribution is 5.84. The molecule has 0 unspecified atom stereocenters. The van der Waals surface area contributed by atoms with Crippen LogP contribution in [0.2, 0.25) is 0 Å². The summed E-state index contributed by atoms with van der Waals surface area (Å²) in [4.78, 5) is 0. The standard InChI is InChI=1S/C12H13FN2O4/c1-16-8-4-7(13)10(17-2)9(11(8)18-3)6-5-15-19-12(6)14/h4-5H,14H2,1-3H3. The van der Waals surface area contributed by atoms with Gasteiger partial charge in [-0.2, -0.15) is 0 Å². The van der Waals surface area contributed by atoms with E-state index in [4.69, 9.17) is 24.5 Å². The number of anilines is 1. The summed E-state index contributed by atoms with van der Waals surface area (Å²) in [5, 5.41) is 3.56. The topological polar surface area (TPSA) is 79.7 Å². The van der Waals surface area contributed by atoms with Gasteiger partial charge in [0.25, 0.3) is 0 Å². The van der Waals surface area contributed by atoms with Gasteiger partial charge < -0.3 is 24.5 Å². The molecule has 0 aliphatic rings. The van der Waals surface area contributed by atoms with Crippen molar-refractivity contribution in [1.82, 2.24) is 5.16 Å². The Morgan fingerprint density at radius 3 is 2.32 bits per heavy atom. The van der Waals surface area contributed by atoms with Crippen LogP contribution >= 0.6 is 0 Å². The smallest absolute Gasteiger partial charge is 0.230 e. The third-order valence-electron chi connectivity index (χ3n) is 2.65. The second-order valence-corrected chi connectivity index (χ2v) is 3.61. The van der Waals surface area contributed by atoms with Crippen molar-refractivity contribution in [3.63, 3.8) is 0 Å². The molecule has 1 aromatic heterocycles. The first-order valence-electron chi connectivity index (χ1n) is 5.33. The molecule has 0 aliphatic heterocycles. The molecule has 2 aromatic rings. The first-order chi connectivity index (χ1) is 9.13. The second-order valence-electron chi connectivity index (χ2n) is 3.61. The summed E-state index contributed by atoms with van der Waals surface area (Å²) in [5.41, 5.74) is 6.32. The Bertz CT molecular complexity index is 598. The van der Waals surface area contributed by atoms with Gasteiger partial charge in [0.05, 0.1) is 38.7 Å². The van der Waals surface area contributed by atoms with E-state index in [-0.39, 0.29) is 23.1 Å². The minimum atomic E-state index is -0.601. The molecule has 1 heterocycles. The highest BCUT2D eigenvalue weighted by Crippen LogP contribution is 2.47. The van der Waals surface area contributed by atoms with E-state index in [1.54, 1.807) is 0 Å². The zero-order chi connectivity index (χ0) is 14.0. The Kier molecular flexibility index (Phi) is 3.46.